The second kappa shape index (κ2) is 7.22. The molecule has 0 aromatic heterocycles. The summed E-state index contributed by atoms with van der Waals surface area (Å²) in [7, 11) is 0. The maximum absolute atomic E-state index is 12.2. The predicted molar refractivity (Wildman–Crippen MR) is 95.4 cm³/mol. The number of hydrogen-bond acceptors (Lipinski definition) is 5. The topological polar surface area (TPSA) is 102 Å². The molecular weight excluding hydrogens is 338 g/mol. The molecule has 2 aromatic rings. The number of rotatable bonds is 5. The molecule has 8 heteroatoms. The number of nitro groups is 1. The number of ether oxygens (including phenoxy) is 1. The molecule has 26 heavy (non-hydrogen) atoms. The van der Waals surface area contributed by atoms with E-state index in [-0.39, 0.29) is 37.1 Å². The van der Waals surface area contributed by atoms with Crippen molar-refractivity contribution >= 4 is 28.9 Å². The number of aryl methyl sites for hydroxylation is 1. The van der Waals surface area contributed by atoms with Gasteiger partial charge in [0.25, 0.3) is 11.6 Å². The van der Waals surface area contributed by atoms with E-state index in [0.29, 0.717) is 22.7 Å². The third kappa shape index (κ3) is 3.64. The highest BCUT2D eigenvalue weighted by Gasteiger charge is 2.25. The van der Waals surface area contributed by atoms with Crippen LogP contribution in [-0.4, -0.2) is 29.9 Å². The largest absolute Gasteiger partial charge is 0.482 e. The van der Waals surface area contributed by atoms with Crippen LogP contribution in [0.1, 0.15) is 12.0 Å². The predicted octanol–water partition coefficient (Wildman–Crippen LogP) is 2.66. The first kappa shape index (κ1) is 17.4. The van der Waals surface area contributed by atoms with E-state index in [4.69, 9.17) is 4.74 Å². The lowest BCUT2D eigenvalue weighted by molar-refractivity contribution is -0.385. The van der Waals surface area contributed by atoms with Gasteiger partial charge in [0.15, 0.2) is 6.61 Å². The fraction of sp³-hybridized carbons (Fsp3) is 0.222. The van der Waals surface area contributed by atoms with Crippen molar-refractivity contribution in [3.8, 4) is 5.75 Å². The fourth-order valence-electron chi connectivity index (χ4n) is 2.72. The zero-order valence-electron chi connectivity index (χ0n) is 14.1. The SMILES string of the molecule is Cc1ccc(NC(=O)CCN2C(=O)COc3ccccc32)cc1[N+](=O)[O-]. The Balaban J connectivity index is 1.66. The van der Waals surface area contributed by atoms with Gasteiger partial charge in [-0.25, -0.2) is 0 Å². The molecule has 0 radical (unpaired) electrons. The Morgan fingerprint density at radius 1 is 1.31 bits per heavy atom. The number of carbonyl (C=O) groups is 2. The second-order valence-corrected chi connectivity index (χ2v) is 5.86. The molecule has 1 aliphatic heterocycles. The number of fused-ring (bicyclic) bond motifs is 1. The van der Waals surface area contributed by atoms with E-state index in [0.717, 1.165) is 0 Å². The lowest BCUT2D eigenvalue weighted by Gasteiger charge is -2.29. The Kier molecular flexibility index (Phi) is 4.83. The number of benzene rings is 2. The van der Waals surface area contributed by atoms with Crippen molar-refractivity contribution in [2.75, 3.05) is 23.4 Å². The Bertz CT molecular complexity index is 881. The highest BCUT2D eigenvalue weighted by Crippen LogP contribution is 2.31. The molecule has 3 rings (SSSR count). The van der Waals surface area contributed by atoms with Crippen LogP contribution in [0.15, 0.2) is 42.5 Å². The van der Waals surface area contributed by atoms with E-state index in [1.54, 1.807) is 37.3 Å². The zero-order valence-corrected chi connectivity index (χ0v) is 14.1. The van der Waals surface area contributed by atoms with E-state index < -0.39 is 4.92 Å². The normalized spacial score (nSPS) is 13.0. The minimum Gasteiger partial charge on any atom is -0.482 e. The van der Waals surface area contributed by atoms with Gasteiger partial charge in [0, 0.05) is 30.3 Å². The summed E-state index contributed by atoms with van der Waals surface area (Å²) in [6.07, 6.45) is 0.0573. The number of nitrogens with zero attached hydrogens (tertiary/aromatic N) is 2. The van der Waals surface area contributed by atoms with Gasteiger partial charge < -0.3 is 15.0 Å². The Hall–Kier alpha value is -3.42. The van der Waals surface area contributed by atoms with Crippen molar-refractivity contribution in [1.82, 2.24) is 0 Å². The monoisotopic (exact) mass is 355 g/mol. The Labute approximate surface area is 149 Å². The number of anilines is 2. The van der Waals surface area contributed by atoms with Crippen molar-refractivity contribution in [1.29, 1.82) is 0 Å². The lowest BCUT2D eigenvalue weighted by atomic mass is 10.2. The maximum atomic E-state index is 12.2. The van der Waals surface area contributed by atoms with Gasteiger partial charge in [-0.2, -0.15) is 0 Å². The molecule has 0 aliphatic carbocycles. The maximum Gasteiger partial charge on any atom is 0.274 e. The van der Waals surface area contributed by atoms with Crippen molar-refractivity contribution in [2.24, 2.45) is 0 Å². The molecule has 0 atom stereocenters. The van der Waals surface area contributed by atoms with Crippen LogP contribution < -0.4 is 15.0 Å². The zero-order chi connectivity index (χ0) is 18.7. The molecule has 134 valence electrons. The molecule has 1 aliphatic rings. The van der Waals surface area contributed by atoms with Gasteiger partial charge in [-0.1, -0.05) is 18.2 Å². The van der Waals surface area contributed by atoms with Crippen molar-refractivity contribution in [2.45, 2.75) is 13.3 Å². The summed E-state index contributed by atoms with van der Waals surface area (Å²) in [5.41, 5.74) is 1.44. The minimum atomic E-state index is -0.492. The lowest BCUT2D eigenvalue weighted by Crippen LogP contribution is -2.40. The molecule has 2 aromatic carbocycles. The molecule has 0 bridgehead atoms. The summed E-state index contributed by atoms with van der Waals surface area (Å²) < 4.78 is 5.36. The third-order valence-electron chi connectivity index (χ3n) is 4.06. The first-order valence-electron chi connectivity index (χ1n) is 8.03. The standard InChI is InChI=1S/C18H17N3O5/c1-12-6-7-13(10-15(12)21(24)25)19-17(22)8-9-20-14-4-2-3-5-16(14)26-11-18(20)23/h2-7,10H,8-9,11H2,1H3,(H,19,22). The van der Waals surface area contributed by atoms with Gasteiger partial charge in [-0.3, -0.25) is 19.7 Å². The van der Waals surface area contributed by atoms with Crippen molar-refractivity contribution in [3.63, 3.8) is 0 Å². The molecule has 0 unspecified atom stereocenters. The van der Waals surface area contributed by atoms with Gasteiger partial charge in [0.05, 0.1) is 10.6 Å². The van der Waals surface area contributed by atoms with Gasteiger partial charge in [0.2, 0.25) is 5.91 Å². The van der Waals surface area contributed by atoms with Crippen LogP contribution in [-0.2, 0) is 9.59 Å². The van der Waals surface area contributed by atoms with Gasteiger partial charge >= 0.3 is 0 Å². The number of nitro benzene ring substituents is 1. The summed E-state index contributed by atoms with van der Waals surface area (Å²) >= 11 is 0. The fourth-order valence-corrected chi connectivity index (χ4v) is 2.72. The van der Waals surface area contributed by atoms with Crippen LogP contribution in [0, 0.1) is 17.0 Å². The Morgan fingerprint density at radius 2 is 2.08 bits per heavy atom. The van der Waals surface area contributed by atoms with E-state index in [1.165, 1.54) is 11.0 Å². The first-order chi connectivity index (χ1) is 12.5. The second-order valence-electron chi connectivity index (χ2n) is 5.86. The molecular formula is C18H17N3O5. The smallest absolute Gasteiger partial charge is 0.274 e. The van der Waals surface area contributed by atoms with E-state index in [1.807, 2.05) is 6.07 Å². The Morgan fingerprint density at radius 3 is 2.85 bits per heavy atom. The van der Waals surface area contributed by atoms with Crippen molar-refractivity contribution in [3.05, 3.63) is 58.1 Å². The average Bonchev–Trinajstić information content (AvgIpc) is 2.62. The summed E-state index contributed by atoms with van der Waals surface area (Å²) in [6.45, 7) is 1.76. The van der Waals surface area contributed by atoms with Crippen LogP contribution in [0.3, 0.4) is 0 Å². The van der Waals surface area contributed by atoms with Gasteiger partial charge in [0.1, 0.15) is 5.75 Å². The highest BCUT2D eigenvalue weighted by molar-refractivity contribution is 5.99. The molecule has 0 saturated carbocycles. The molecule has 2 amide bonds. The molecule has 8 nitrogen and oxygen atoms in total. The number of hydrogen-bond donors (Lipinski definition) is 1. The summed E-state index contributed by atoms with van der Waals surface area (Å²) in [5.74, 6) is 0.0454. The average molecular weight is 355 g/mol. The van der Waals surface area contributed by atoms with Crippen LogP contribution in [0.5, 0.6) is 5.75 Å². The van der Waals surface area contributed by atoms with Crippen LogP contribution in [0.25, 0.3) is 0 Å². The molecule has 1 N–H and O–H groups in total. The van der Waals surface area contributed by atoms with Gasteiger partial charge in [-0.15, -0.1) is 0 Å². The third-order valence-corrected chi connectivity index (χ3v) is 4.06. The van der Waals surface area contributed by atoms with E-state index >= 15 is 0 Å². The van der Waals surface area contributed by atoms with E-state index in [2.05, 4.69) is 5.32 Å². The molecule has 0 fully saturated rings. The number of nitrogens with one attached hydrogen (secondary N) is 1. The van der Waals surface area contributed by atoms with Gasteiger partial charge in [-0.05, 0) is 25.1 Å². The first-order valence-corrected chi connectivity index (χ1v) is 8.03. The quantitative estimate of drug-likeness (QED) is 0.656. The summed E-state index contributed by atoms with van der Waals surface area (Å²) in [5, 5.41) is 13.6. The molecule has 0 spiro atoms. The summed E-state index contributed by atoms with van der Waals surface area (Å²) in [6, 6.07) is 11.6. The summed E-state index contributed by atoms with van der Waals surface area (Å²) in [4.78, 5) is 36.3. The van der Waals surface area contributed by atoms with E-state index in [9.17, 15) is 19.7 Å². The van der Waals surface area contributed by atoms with Crippen LogP contribution in [0.2, 0.25) is 0 Å². The number of carbonyl (C=O) groups excluding carboxylic acids is 2. The van der Waals surface area contributed by atoms with Crippen LogP contribution >= 0.6 is 0 Å². The number of para-hydroxylation sites is 2. The highest BCUT2D eigenvalue weighted by atomic mass is 16.6. The molecule has 0 saturated heterocycles. The number of amides is 2. The van der Waals surface area contributed by atoms with Crippen molar-refractivity contribution < 1.29 is 19.2 Å². The van der Waals surface area contributed by atoms with Crippen LogP contribution in [0.4, 0.5) is 17.1 Å². The minimum absolute atomic E-state index is 0.0555. The molecule has 1 heterocycles.